The molecule has 68 valence electrons. The quantitative estimate of drug-likeness (QED) is 0.626. The molecule has 2 rings (SSSR count). The van der Waals surface area contributed by atoms with Crippen LogP contribution in [0.1, 0.15) is 11.3 Å². The predicted molar refractivity (Wildman–Crippen MR) is 51.0 cm³/mol. The largest absolute Gasteiger partial charge is 0.364 e. The van der Waals surface area contributed by atoms with Gasteiger partial charge in [-0.2, -0.15) is 0 Å². The normalized spacial score (nSPS) is 9.21. The van der Waals surface area contributed by atoms with Crippen LogP contribution < -0.4 is 0 Å². The molecule has 0 radical (unpaired) electrons. The van der Waals surface area contributed by atoms with Crippen LogP contribution in [0.3, 0.4) is 0 Å². The molecule has 14 heavy (non-hydrogen) atoms. The number of aromatic amines is 1. The SMILES string of the molecule is Fc1c[nH]cc1C#Cc1ccccn1. The molecule has 0 aliphatic heterocycles. The zero-order chi connectivity index (χ0) is 9.80. The van der Waals surface area contributed by atoms with Gasteiger partial charge in [0.2, 0.25) is 0 Å². The number of hydrogen-bond donors (Lipinski definition) is 1. The Labute approximate surface area is 80.8 Å². The first-order chi connectivity index (χ1) is 6.86. The molecule has 0 aromatic carbocycles. The van der Waals surface area contributed by atoms with Crippen LogP contribution in [0.25, 0.3) is 0 Å². The highest BCUT2D eigenvalue weighted by molar-refractivity contribution is 5.39. The summed E-state index contributed by atoms with van der Waals surface area (Å²) in [4.78, 5) is 6.64. The van der Waals surface area contributed by atoms with E-state index in [1.807, 2.05) is 12.1 Å². The van der Waals surface area contributed by atoms with E-state index >= 15 is 0 Å². The van der Waals surface area contributed by atoms with Crippen molar-refractivity contribution in [3.05, 3.63) is 53.9 Å². The second-order valence-electron chi connectivity index (χ2n) is 2.68. The third-order valence-corrected chi connectivity index (χ3v) is 1.69. The van der Waals surface area contributed by atoms with Crippen LogP contribution in [-0.4, -0.2) is 9.97 Å². The zero-order valence-corrected chi connectivity index (χ0v) is 7.29. The number of H-pyrrole nitrogens is 1. The lowest BCUT2D eigenvalue weighted by atomic mass is 10.3. The van der Waals surface area contributed by atoms with Crippen molar-refractivity contribution in [3.8, 4) is 11.8 Å². The maximum Gasteiger partial charge on any atom is 0.156 e. The Morgan fingerprint density at radius 1 is 1.21 bits per heavy atom. The summed E-state index contributed by atoms with van der Waals surface area (Å²) < 4.78 is 12.9. The van der Waals surface area contributed by atoms with Gasteiger partial charge in [0.05, 0.1) is 5.56 Å². The lowest BCUT2D eigenvalue weighted by Gasteiger charge is -1.85. The summed E-state index contributed by atoms with van der Waals surface area (Å²) in [6.45, 7) is 0. The van der Waals surface area contributed by atoms with Gasteiger partial charge in [0.25, 0.3) is 0 Å². The number of pyridine rings is 1. The topological polar surface area (TPSA) is 28.7 Å². The number of halogens is 1. The molecular formula is C11H7FN2. The first kappa shape index (κ1) is 8.52. The van der Waals surface area contributed by atoms with Gasteiger partial charge in [-0.15, -0.1) is 0 Å². The number of hydrogen-bond acceptors (Lipinski definition) is 1. The van der Waals surface area contributed by atoms with Gasteiger partial charge in [0.15, 0.2) is 5.82 Å². The Kier molecular flexibility index (Phi) is 2.28. The second kappa shape index (κ2) is 3.75. The van der Waals surface area contributed by atoms with Crippen LogP contribution in [0.5, 0.6) is 0 Å². The van der Waals surface area contributed by atoms with Gasteiger partial charge in [-0.05, 0) is 18.1 Å². The molecule has 2 aromatic heterocycles. The van der Waals surface area contributed by atoms with Crippen molar-refractivity contribution in [3.63, 3.8) is 0 Å². The Hall–Kier alpha value is -2.08. The fourth-order valence-corrected chi connectivity index (χ4v) is 1.01. The van der Waals surface area contributed by atoms with Gasteiger partial charge >= 0.3 is 0 Å². The van der Waals surface area contributed by atoms with E-state index in [4.69, 9.17) is 0 Å². The third-order valence-electron chi connectivity index (χ3n) is 1.69. The van der Waals surface area contributed by atoms with Crippen molar-refractivity contribution in [2.24, 2.45) is 0 Å². The van der Waals surface area contributed by atoms with E-state index in [0.717, 1.165) is 0 Å². The summed E-state index contributed by atoms with van der Waals surface area (Å²) >= 11 is 0. The Bertz CT molecular complexity index is 477. The molecule has 2 aromatic rings. The molecule has 0 amide bonds. The average Bonchev–Trinajstić information content (AvgIpc) is 2.63. The van der Waals surface area contributed by atoms with Gasteiger partial charge in [-0.3, -0.25) is 0 Å². The Balaban J connectivity index is 2.28. The minimum Gasteiger partial charge on any atom is -0.364 e. The van der Waals surface area contributed by atoms with Crippen LogP contribution in [-0.2, 0) is 0 Å². The van der Waals surface area contributed by atoms with Crippen molar-refractivity contribution in [2.75, 3.05) is 0 Å². The summed E-state index contributed by atoms with van der Waals surface area (Å²) in [5.74, 6) is 5.12. The van der Waals surface area contributed by atoms with E-state index in [2.05, 4.69) is 21.8 Å². The Morgan fingerprint density at radius 2 is 2.14 bits per heavy atom. The smallest absolute Gasteiger partial charge is 0.156 e. The molecule has 1 N–H and O–H groups in total. The molecule has 0 fully saturated rings. The highest BCUT2D eigenvalue weighted by Crippen LogP contribution is 2.02. The highest BCUT2D eigenvalue weighted by Gasteiger charge is 1.96. The van der Waals surface area contributed by atoms with Gasteiger partial charge in [-0.1, -0.05) is 12.0 Å². The molecule has 0 aliphatic carbocycles. The maximum atomic E-state index is 12.9. The third kappa shape index (κ3) is 1.80. The van der Waals surface area contributed by atoms with Crippen LogP contribution >= 0.6 is 0 Å². The van der Waals surface area contributed by atoms with Crippen LogP contribution in [0.2, 0.25) is 0 Å². The molecule has 0 atom stereocenters. The molecule has 2 heterocycles. The first-order valence-electron chi connectivity index (χ1n) is 4.11. The molecule has 0 saturated carbocycles. The van der Waals surface area contributed by atoms with Crippen LogP contribution in [0, 0.1) is 17.7 Å². The Morgan fingerprint density at radius 3 is 2.79 bits per heavy atom. The molecule has 3 heteroatoms. The highest BCUT2D eigenvalue weighted by atomic mass is 19.1. The average molecular weight is 186 g/mol. The van der Waals surface area contributed by atoms with E-state index < -0.39 is 0 Å². The van der Waals surface area contributed by atoms with Crippen molar-refractivity contribution >= 4 is 0 Å². The van der Waals surface area contributed by atoms with Gasteiger partial charge in [0.1, 0.15) is 5.69 Å². The van der Waals surface area contributed by atoms with Gasteiger partial charge in [-0.25, -0.2) is 9.37 Å². The standard InChI is InChI=1S/C11H7FN2/c12-11-8-13-7-9(11)4-5-10-3-1-2-6-14-10/h1-3,6-8,13H. The summed E-state index contributed by atoms with van der Waals surface area (Å²) in [5.41, 5.74) is 0.990. The summed E-state index contributed by atoms with van der Waals surface area (Å²) in [7, 11) is 0. The van der Waals surface area contributed by atoms with Crippen molar-refractivity contribution in [1.29, 1.82) is 0 Å². The van der Waals surface area contributed by atoms with Crippen LogP contribution in [0.15, 0.2) is 36.8 Å². The van der Waals surface area contributed by atoms with Crippen LogP contribution in [0.4, 0.5) is 4.39 Å². The molecule has 0 spiro atoms. The predicted octanol–water partition coefficient (Wildman–Crippen LogP) is 1.95. The molecule has 0 bridgehead atoms. The second-order valence-corrected chi connectivity index (χ2v) is 2.68. The number of nitrogens with zero attached hydrogens (tertiary/aromatic N) is 1. The summed E-state index contributed by atoms with van der Waals surface area (Å²) in [5, 5.41) is 0. The summed E-state index contributed by atoms with van der Waals surface area (Å²) in [6.07, 6.45) is 4.44. The van der Waals surface area contributed by atoms with Gasteiger partial charge in [0, 0.05) is 18.6 Å². The molecule has 0 aliphatic rings. The maximum absolute atomic E-state index is 12.9. The fraction of sp³-hybridized carbons (Fsp3) is 0. The fourth-order valence-electron chi connectivity index (χ4n) is 1.01. The number of nitrogens with one attached hydrogen (secondary N) is 1. The summed E-state index contributed by atoms with van der Waals surface area (Å²) in [6, 6.07) is 5.42. The monoisotopic (exact) mass is 186 g/mol. The van der Waals surface area contributed by atoms with E-state index in [9.17, 15) is 4.39 Å². The first-order valence-corrected chi connectivity index (χ1v) is 4.11. The molecule has 0 saturated heterocycles. The van der Waals surface area contributed by atoms with Crippen molar-refractivity contribution in [1.82, 2.24) is 9.97 Å². The molecule has 0 unspecified atom stereocenters. The van der Waals surface area contributed by atoms with E-state index in [1.54, 1.807) is 12.3 Å². The van der Waals surface area contributed by atoms with Crippen molar-refractivity contribution in [2.45, 2.75) is 0 Å². The van der Waals surface area contributed by atoms with Gasteiger partial charge < -0.3 is 4.98 Å². The minimum absolute atomic E-state index is 0.339. The number of rotatable bonds is 0. The molecular weight excluding hydrogens is 179 g/mol. The molecule has 2 nitrogen and oxygen atoms in total. The lowest BCUT2D eigenvalue weighted by Crippen LogP contribution is -1.79. The van der Waals surface area contributed by atoms with E-state index in [0.29, 0.717) is 11.3 Å². The van der Waals surface area contributed by atoms with E-state index in [1.165, 1.54) is 12.4 Å². The lowest BCUT2D eigenvalue weighted by molar-refractivity contribution is 0.626. The zero-order valence-electron chi connectivity index (χ0n) is 7.29. The minimum atomic E-state index is -0.339. The van der Waals surface area contributed by atoms with Crippen molar-refractivity contribution < 1.29 is 4.39 Å². The number of aromatic nitrogens is 2. The van der Waals surface area contributed by atoms with E-state index in [-0.39, 0.29) is 5.82 Å².